The van der Waals surface area contributed by atoms with Gasteiger partial charge in [0, 0.05) is 35.2 Å². The summed E-state index contributed by atoms with van der Waals surface area (Å²) in [6.07, 6.45) is 0. The number of carbonyl (C=O) groups is 2. The van der Waals surface area contributed by atoms with Gasteiger partial charge in [-0.05, 0) is 23.1 Å². The number of rotatable bonds is 3. The molecule has 0 fully saturated rings. The number of fused-ring (bicyclic) bond motifs is 4. The molecule has 1 aromatic heterocycles. The van der Waals surface area contributed by atoms with Crippen LogP contribution in [0.15, 0.2) is 54.6 Å². The number of aromatic hydroxyl groups is 1. The highest BCUT2D eigenvalue weighted by atomic mass is 35.5. The molecule has 0 saturated carbocycles. The zero-order valence-corrected chi connectivity index (χ0v) is 17.4. The van der Waals surface area contributed by atoms with Crippen molar-refractivity contribution in [3.05, 3.63) is 71.4 Å². The molecule has 1 unspecified atom stereocenters. The van der Waals surface area contributed by atoms with Gasteiger partial charge in [-0.15, -0.1) is 11.6 Å². The highest BCUT2D eigenvalue weighted by Gasteiger charge is 2.35. The zero-order valence-electron chi connectivity index (χ0n) is 16.7. The van der Waals surface area contributed by atoms with Gasteiger partial charge in [-0.25, -0.2) is 4.79 Å². The Morgan fingerprint density at radius 1 is 1.16 bits per heavy atom. The Hall–Kier alpha value is -3.51. The number of aromatic nitrogens is 1. The van der Waals surface area contributed by atoms with Gasteiger partial charge in [0.25, 0.3) is 5.91 Å². The summed E-state index contributed by atoms with van der Waals surface area (Å²) in [4.78, 5) is 30.3. The number of ether oxygens (including phenoxy) is 1. The number of para-hydroxylation sites is 1. The third-order valence-electron chi connectivity index (χ3n) is 5.87. The second kappa shape index (κ2) is 7.32. The summed E-state index contributed by atoms with van der Waals surface area (Å²) in [6, 6.07) is 16.1. The van der Waals surface area contributed by atoms with E-state index in [0.717, 1.165) is 21.7 Å². The summed E-state index contributed by atoms with van der Waals surface area (Å²) in [5.74, 6) is -0.315. The minimum absolute atomic E-state index is 0.0545. The molecular formula is C24H19ClN2O4. The fourth-order valence-electron chi connectivity index (χ4n) is 4.44. The summed E-state index contributed by atoms with van der Waals surface area (Å²) in [6.45, 7) is 0.407. The van der Waals surface area contributed by atoms with Gasteiger partial charge in [-0.1, -0.05) is 36.4 Å². The number of carbonyl (C=O) groups excluding carboxylic acids is 2. The Labute approximate surface area is 183 Å². The summed E-state index contributed by atoms with van der Waals surface area (Å²) in [5, 5.41) is 12.9. The number of benzene rings is 3. The van der Waals surface area contributed by atoms with E-state index in [4.69, 9.17) is 16.3 Å². The quantitative estimate of drug-likeness (QED) is 0.358. The highest BCUT2D eigenvalue weighted by molar-refractivity contribution is 6.19. The number of hydrogen-bond donors (Lipinski definition) is 2. The standard InChI is InChI=1S/C24H19ClN2O4/c1-31-24(30)17-8-4-5-13-9-18(26-22(13)17)23(29)27-12-14(11-25)21-16-7-3-2-6-15(16)20(28)10-19(21)27/h2-10,14,26,28H,11-12H2,1H3. The van der Waals surface area contributed by atoms with Crippen molar-refractivity contribution in [2.75, 3.05) is 24.4 Å². The molecule has 0 saturated heterocycles. The lowest BCUT2D eigenvalue weighted by molar-refractivity contribution is 0.0602. The fourth-order valence-corrected chi connectivity index (χ4v) is 4.69. The van der Waals surface area contributed by atoms with Gasteiger partial charge >= 0.3 is 5.97 Å². The molecule has 2 heterocycles. The average molecular weight is 435 g/mol. The number of halogens is 1. The van der Waals surface area contributed by atoms with Crippen molar-refractivity contribution in [1.82, 2.24) is 4.98 Å². The molecule has 31 heavy (non-hydrogen) atoms. The van der Waals surface area contributed by atoms with Crippen LogP contribution in [0.2, 0.25) is 0 Å². The zero-order chi connectivity index (χ0) is 21.7. The number of anilines is 1. The topological polar surface area (TPSA) is 82.6 Å². The van der Waals surface area contributed by atoms with Crippen LogP contribution < -0.4 is 4.90 Å². The number of amides is 1. The third-order valence-corrected chi connectivity index (χ3v) is 6.24. The van der Waals surface area contributed by atoms with Gasteiger partial charge in [-0.3, -0.25) is 4.79 Å². The number of aromatic amines is 1. The van der Waals surface area contributed by atoms with Crippen molar-refractivity contribution in [3.8, 4) is 5.75 Å². The lowest BCUT2D eigenvalue weighted by Gasteiger charge is -2.17. The molecular weight excluding hydrogens is 416 g/mol. The molecule has 1 atom stereocenters. The van der Waals surface area contributed by atoms with Crippen LogP contribution in [0.4, 0.5) is 5.69 Å². The molecule has 1 amide bonds. The largest absolute Gasteiger partial charge is 0.507 e. The molecule has 0 aliphatic carbocycles. The molecule has 0 radical (unpaired) electrons. The lowest BCUT2D eigenvalue weighted by atomic mass is 9.95. The van der Waals surface area contributed by atoms with E-state index in [9.17, 15) is 14.7 Å². The van der Waals surface area contributed by atoms with E-state index in [1.807, 2.05) is 30.3 Å². The molecule has 2 N–H and O–H groups in total. The highest BCUT2D eigenvalue weighted by Crippen LogP contribution is 2.45. The van der Waals surface area contributed by atoms with Gasteiger partial charge < -0.3 is 19.7 Å². The Kier molecular flexibility index (Phi) is 4.59. The van der Waals surface area contributed by atoms with E-state index < -0.39 is 5.97 Å². The van der Waals surface area contributed by atoms with E-state index in [0.29, 0.717) is 34.9 Å². The first-order valence-corrected chi connectivity index (χ1v) is 10.4. The number of esters is 1. The van der Waals surface area contributed by atoms with Crippen LogP contribution in [0.1, 0.15) is 32.3 Å². The molecule has 156 valence electrons. The molecule has 3 aromatic carbocycles. The van der Waals surface area contributed by atoms with Gasteiger partial charge in [0.15, 0.2) is 0 Å². The maximum atomic E-state index is 13.5. The number of alkyl halides is 1. The van der Waals surface area contributed by atoms with Crippen LogP contribution in [-0.4, -0.2) is 41.5 Å². The summed E-state index contributed by atoms with van der Waals surface area (Å²) in [5.41, 5.74) is 2.87. The Bertz CT molecular complexity index is 1360. The van der Waals surface area contributed by atoms with Crippen LogP contribution in [0, 0.1) is 0 Å². The van der Waals surface area contributed by atoms with Crippen LogP contribution in [-0.2, 0) is 4.74 Å². The van der Waals surface area contributed by atoms with E-state index in [-0.39, 0.29) is 17.6 Å². The molecule has 4 aromatic rings. The van der Waals surface area contributed by atoms with Crippen molar-refractivity contribution >= 4 is 50.8 Å². The number of hydrogen-bond acceptors (Lipinski definition) is 4. The summed E-state index contributed by atoms with van der Waals surface area (Å²) in [7, 11) is 1.32. The Morgan fingerprint density at radius 3 is 2.68 bits per heavy atom. The maximum Gasteiger partial charge on any atom is 0.339 e. The summed E-state index contributed by atoms with van der Waals surface area (Å²) < 4.78 is 4.85. The van der Waals surface area contributed by atoms with Gasteiger partial charge in [0.2, 0.25) is 0 Å². The number of H-pyrrole nitrogens is 1. The normalized spacial score (nSPS) is 15.4. The smallest absolute Gasteiger partial charge is 0.339 e. The third kappa shape index (κ3) is 2.94. The minimum atomic E-state index is -0.475. The van der Waals surface area contributed by atoms with Crippen LogP contribution in [0.25, 0.3) is 21.7 Å². The second-order valence-electron chi connectivity index (χ2n) is 7.59. The predicted octanol–water partition coefficient (Wildman–Crippen LogP) is 4.80. The molecule has 1 aliphatic heterocycles. The van der Waals surface area contributed by atoms with Gasteiger partial charge in [0.05, 0.1) is 23.9 Å². The average Bonchev–Trinajstić information content (AvgIpc) is 3.40. The number of nitrogens with zero attached hydrogens (tertiary/aromatic N) is 1. The van der Waals surface area contributed by atoms with Crippen molar-refractivity contribution in [2.24, 2.45) is 0 Å². The van der Waals surface area contributed by atoms with E-state index in [2.05, 4.69) is 4.98 Å². The molecule has 7 heteroatoms. The molecule has 0 bridgehead atoms. The Balaban J connectivity index is 1.63. The monoisotopic (exact) mass is 434 g/mol. The second-order valence-corrected chi connectivity index (χ2v) is 7.89. The van der Waals surface area contributed by atoms with Crippen molar-refractivity contribution in [2.45, 2.75) is 5.92 Å². The van der Waals surface area contributed by atoms with Gasteiger partial charge in [0.1, 0.15) is 11.4 Å². The van der Waals surface area contributed by atoms with E-state index in [1.165, 1.54) is 7.11 Å². The van der Waals surface area contributed by atoms with Crippen LogP contribution in [0.5, 0.6) is 5.75 Å². The lowest BCUT2D eigenvalue weighted by Crippen LogP contribution is -2.30. The predicted molar refractivity (Wildman–Crippen MR) is 120 cm³/mol. The number of nitrogens with one attached hydrogen (secondary N) is 1. The SMILES string of the molecule is COC(=O)c1cccc2cc(C(=O)N3CC(CCl)c4c3cc(O)c3ccccc43)[nH]c12. The van der Waals surface area contributed by atoms with Crippen molar-refractivity contribution in [1.29, 1.82) is 0 Å². The number of methoxy groups -OCH3 is 1. The number of phenolic OH excluding ortho intramolecular Hbond substituents is 1. The summed E-state index contributed by atoms with van der Waals surface area (Å²) >= 11 is 6.27. The number of phenols is 1. The molecule has 6 nitrogen and oxygen atoms in total. The van der Waals surface area contributed by atoms with E-state index in [1.54, 1.807) is 29.2 Å². The van der Waals surface area contributed by atoms with E-state index >= 15 is 0 Å². The molecule has 5 rings (SSSR count). The van der Waals surface area contributed by atoms with Crippen LogP contribution in [0.3, 0.4) is 0 Å². The Morgan fingerprint density at radius 2 is 1.94 bits per heavy atom. The van der Waals surface area contributed by atoms with Crippen molar-refractivity contribution < 1.29 is 19.4 Å². The first-order chi connectivity index (χ1) is 15.0. The first-order valence-electron chi connectivity index (χ1n) is 9.86. The maximum absolute atomic E-state index is 13.5. The molecule has 1 aliphatic rings. The van der Waals surface area contributed by atoms with Crippen molar-refractivity contribution in [3.63, 3.8) is 0 Å². The minimum Gasteiger partial charge on any atom is -0.507 e. The fraction of sp³-hybridized carbons (Fsp3) is 0.167. The van der Waals surface area contributed by atoms with Crippen LogP contribution >= 0.6 is 11.6 Å². The molecule has 0 spiro atoms. The first kappa shape index (κ1) is 19.5. The van der Waals surface area contributed by atoms with Gasteiger partial charge in [-0.2, -0.15) is 0 Å².